The van der Waals surface area contributed by atoms with Crippen LogP contribution in [0.15, 0.2) is 16.7 Å². The highest BCUT2D eigenvalue weighted by Gasteiger charge is 2.22. The minimum atomic E-state index is 0.765. The summed E-state index contributed by atoms with van der Waals surface area (Å²) in [6.45, 7) is 8.55. The predicted octanol–water partition coefficient (Wildman–Crippen LogP) is 3.54. The van der Waals surface area contributed by atoms with Gasteiger partial charge in [-0.1, -0.05) is 26.7 Å². The van der Waals surface area contributed by atoms with Crippen molar-refractivity contribution in [3.8, 4) is 0 Å². The molecule has 3 heteroatoms. The van der Waals surface area contributed by atoms with Crippen molar-refractivity contribution in [2.24, 2.45) is 0 Å². The summed E-state index contributed by atoms with van der Waals surface area (Å²) in [6, 6.07) is 2.97. The third-order valence-electron chi connectivity index (χ3n) is 4.02. The van der Waals surface area contributed by atoms with Gasteiger partial charge in [0.25, 0.3) is 0 Å². The van der Waals surface area contributed by atoms with Crippen LogP contribution in [0.5, 0.6) is 0 Å². The van der Waals surface area contributed by atoms with Gasteiger partial charge >= 0.3 is 0 Å². The molecule has 1 aliphatic heterocycles. The van der Waals surface area contributed by atoms with Gasteiger partial charge in [0.2, 0.25) is 0 Å². The largest absolute Gasteiger partial charge is 0.468 e. The maximum Gasteiger partial charge on any atom is 0.118 e. The zero-order valence-corrected chi connectivity index (χ0v) is 12.5. The maximum atomic E-state index is 5.71. The van der Waals surface area contributed by atoms with Crippen molar-refractivity contribution >= 4 is 0 Å². The van der Waals surface area contributed by atoms with E-state index in [2.05, 4.69) is 30.1 Å². The van der Waals surface area contributed by atoms with E-state index in [0.717, 1.165) is 31.4 Å². The molecule has 1 N–H and O–H groups in total. The fourth-order valence-corrected chi connectivity index (χ4v) is 3.00. The fraction of sp³-hybridized carbons (Fsp3) is 0.750. The second kappa shape index (κ2) is 7.71. The van der Waals surface area contributed by atoms with E-state index in [0.29, 0.717) is 0 Å². The van der Waals surface area contributed by atoms with Crippen molar-refractivity contribution in [1.82, 2.24) is 10.2 Å². The van der Waals surface area contributed by atoms with E-state index in [9.17, 15) is 0 Å². The van der Waals surface area contributed by atoms with Crippen LogP contribution in [-0.2, 0) is 13.1 Å². The molecule has 1 aliphatic rings. The first-order valence-corrected chi connectivity index (χ1v) is 7.84. The Kier molecular flexibility index (Phi) is 5.93. The van der Waals surface area contributed by atoms with Crippen molar-refractivity contribution in [2.75, 3.05) is 13.1 Å². The second-order valence-corrected chi connectivity index (χ2v) is 5.61. The SMILES string of the molecule is CCCC1CCCCN1Cc1cc(CNCC)co1. The molecule has 0 bridgehead atoms. The lowest BCUT2D eigenvalue weighted by Gasteiger charge is -2.35. The second-order valence-electron chi connectivity index (χ2n) is 5.61. The fourth-order valence-electron chi connectivity index (χ4n) is 3.00. The van der Waals surface area contributed by atoms with Crippen LogP contribution in [0.25, 0.3) is 0 Å². The van der Waals surface area contributed by atoms with E-state index in [1.807, 2.05) is 6.26 Å². The molecular formula is C16H28N2O. The van der Waals surface area contributed by atoms with Gasteiger partial charge in [0, 0.05) is 18.2 Å². The Hall–Kier alpha value is -0.800. The first-order chi connectivity index (χ1) is 9.33. The molecule has 1 unspecified atom stereocenters. The molecule has 0 aliphatic carbocycles. The molecule has 1 aromatic rings. The van der Waals surface area contributed by atoms with Crippen LogP contribution in [0, 0.1) is 0 Å². The Morgan fingerprint density at radius 2 is 2.26 bits per heavy atom. The van der Waals surface area contributed by atoms with E-state index in [1.54, 1.807) is 0 Å². The molecule has 3 nitrogen and oxygen atoms in total. The van der Waals surface area contributed by atoms with Crippen molar-refractivity contribution in [3.05, 3.63) is 23.7 Å². The van der Waals surface area contributed by atoms with Crippen LogP contribution in [0.1, 0.15) is 57.3 Å². The summed E-state index contributed by atoms with van der Waals surface area (Å²) in [5.41, 5.74) is 1.26. The van der Waals surface area contributed by atoms with E-state index >= 15 is 0 Å². The van der Waals surface area contributed by atoms with E-state index in [-0.39, 0.29) is 0 Å². The number of hydrogen-bond donors (Lipinski definition) is 1. The van der Waals surface area contributed by atoms with Gasteiger partial charge in [-0.25, -0.2) is 0 Å². The molecule has 0 radical (unpaired) electrons. The number of nitrogens with one attached hydrogen (secondary N) is 1. The maximum absolute atomic E-state index is 5.71. The molecule has 0 amide bonds. The standard InChI is InChI=1S/C16H28N2O/c1-3-7-15-8-5-6-9-18(15)12-16-10-14(13-19-16)11-17-4-2/h10,13,15,17H,3-9,11-12H2,1-2H3. The highest BCUT2D eigenvalue weighted by atomic mass is 16.3. The summed E-state index contributed by atoms with van der Waals surface area (Å²) < 4.78 is 5.71. The summed E-state index contributed by atoms with van der Waals surface area (Å²) in [4.78, 5) is 2.61. The number of rotatable bonds is 7. The Labute approximate surface area is 117 Å². The number of hydrogen-bond acceptors (Lipinski definition) is 3. The van der Waals surface area contributed by atoms with E-state index in [4.69, 9.17) is 4.42 Å². The van der Waals surface area contributed by atoms with E-state index < -0.39 is 0 Å². The first kappa shape index (κ1) is 14.6. The molecule has 2 heterocycles. The number of nitrogens with zero attached hydrogens (tertiary/aromatic N) is 1. The summed E-state index contributed by atoms with van der Waals surface area (Å²) in [6.07, 6.45) is 8.60. The van der Waals surface area contributed by atoms with Crippen LogP contribution in [0.4, 0.5) is 0 Å². The van der Waals surface area contributed by atoms with Gasteiger partial charge in [-0.05, 0) is 38.4 Å². The Morgan fingerprint density at radius 3 is 3.05 bits per heavy atom. The summed E-state index contributed by atoms with van der Waals surface area (Å²) in [5, 5.41) is 3.34. The molecule has 19 heavy (non-hydrogen) atoms. The highest BCUT2D eigenvalue weighted by Crippen LogP contribution is 2.23. The molecule has 1 aromatic heterocycles. The van der Waals surface area contributed by atoms with Crippen molar-refractivity contribution in [3.63, 3.8) is 0 Å². The Balaban J connectivity index is 1.89. The third kappa shape index (κ3) is 4.36. The zero-order valence-electron chi connectivity index (χ0n) is 12.5. The number of piperidine rings is 1. The third-order valence-corrected chi connectivity index (χ3v) is 4.02. The van der Waals surface area contributed by atoms with Crippen molar-refractivity contribution < 1.29 is 4.42 Å². The molecule has 108 valence electrons. The normalized spacial score (nSPS) is 20.8. The van der Waals surface area contributed by atoms with Gasteiger partial charge in [-0.15, -0.1) is 0 Å². The van der Waals surface area contributed by atoms with Crippen molar-refractivity contribution in [1.29, 1.82) is 0 Å². The molecule has 1 fully saturated rings. The quantitative estimate of drug-likeness (QED) is 0.816. The monoisotopic (exact) mass is 264 g/mol. The Morgan fingerprint density at radius 1 is 1.37 bits per heavy atom. The van der Waals surface area contributed by atoms with Crippen LogP contribution in [0.2, 0.25) is 0 Å². The lowest BCUT2D eigenvalue weighted by molar-refractivity contribution is 0.122. The first-order valence-electron chi connectivity index (χ1n) is 7.84. The lowest BCUT2D eigenvalue weighted by atomic mass is 9.98. The number of likely N-dealkylation sites (tertiary alicyclic amines) is 1. The van der Waals surface area contributed by atoms with Crippen molar-refractivity contribution in [2.45, 2.75) is 65.1 Å². The topological polar surface area (TPSA) is 28.4 Å². The van der Waals surface area contributed by atoms with Gasteiger partial charge in [0.15, 0.2) is 0 Å². The van der Waals surface area contributed by atoms with E-state index in [1.165, 1.54) is 44.2 Å². The van der Waals surface area contributed by atoms with Crippen LogP contribution in [0.3, 0.4) is 0 Å². The minimum Gasteiger partial charge on any atom is -0.468 e. The Bertz CT molecular complexity index is 359. The molecule has 0 aromatic carbocycles. The summed E-state index contributed by atoms with van der Waals surface area (Å²) >= 11 is 0. The van der Waals surface area contributed by atoms with Gasteiger partial charge in [0.1, 0.15) is 5.76 Å². The minimum absolute atomic E-state index is 0.765. The lowest BCUT2D eigenvalue weighted by Crippen LogP contribution is -2.38. The zero-order chi connectivity index (χ0) is 13.5. The summed E-state index contributed by atoms with van der Waals surface area (Å²) in [7, 11) is 0. The molecule has 2 rings (SSSR count). The van der Waals surface area contributed by atoms with Crippen LogP contribution in [-0.4, -0.2) is 24.0 Å². The molecule has 0 saturated carbocycles. The van der Waals surface area contributed by atoms with Gasteiger partial charge in [-0.3, -0.25) is 4.90 Å². The molecule has 1 saturated heterocycles. The molecule has 1 atom stereocenters. The molecular weight excluding hydrogens is 236 g/mol. The van der Waals surface area contributed by atoms with Crippen LogP contribution < -0.4 is 5.32 Å². The molecule has 0 spiro atoms. The predicted molar refractivity (Wildman–Crippen MR) is 79.0 cm³/mol. The average Bonchev–Trinajstić information content (AvgIpc) is 2.87. The summed E-state index contributed by atoms with van der Waals surface area (Å²) in [5.74, 6) is 1.12. The van der Waals surface area contributed by atoms with Gasteiger partial charge in [-0.2, -0.15) is 0 Å². The highest BCUT2D eigenvalue weighted by molar-refractivity contribution is 5.12. The smallest absolute Gasteiger partial charge is 0.118 e. The van der Waals surface area contributed by atoms with Gasteiger partial charge < -0.3 is 9.73 Å². The van der Waals surface area contributed by atoms with Crippen LogP contribution >= 0.6 is 0 Å². The average molecular weight is 264 g/mol. The van der Waals surface area contributed by atoms with Gasteiger partial charge in [0.05, 0.1) is 12.8 Å². The number of furan rings is 1.